The van der Waals surface area contributed by atoms with Gasteiger partial charge in [-0.2, -0.15) is 4.98 Å². The lowest BCUT2D eigenvalue weighted by molar-refractivity contribution is -0.128. The Morgan fingerprint density at radius 3 is 3.00 bits per heavy atom. The molecule has 1 amide bonds. The van der Waals surface area contributed by atoms with Crippen LogP contribution in [0.25, 0.3) is 0 Å². The van der Waals surface area contributed by atoms with Crippen LogP contribution in [0.5, 0.6) is 0 Å². The molecule has 6 atom stereocenters. The van der Waals surface area contributed by atoms with Crippen molar-refractivity contribution in [1.29, 1.82) is 0 Å². The van der Waals surface area contributed by atoms with E-state index in [0.717, 1.165) is 36.7 Å². The van der Waals surface area contributed by atoms with Gasteiger partial charge < -0.3 is 21.1 Å². The second-order valence-electron chi connectivity index (χ2n) is 9.67. The number of anilines is 1. The summed E-state index contributed by atoms with van der Waals surface area (Å²) < 4.78 is 14.7. The second-order valence-corrected chi connectivity index (χ2v) is 10.9. The van der Waals surface area contributed by atoms with Crippen LogP contribution in [0.4, 0.5) is 16.2 Å². The Hall–Kier alpha value is -2.56. The fourth-order valence-corrected chi connectivity index (χ4v) is 7.02. The number of nitrogens with one attached hydrogen (secondary N) is 1. The van der Waals surface area contributed by atoms with Gasteiger partial charge in [0.25, 0.3) is 0 Å². The van der Waals surface area contributed by atoms with Crippen LogP contribution in [0.15, 0.2) is 46.1 Å². The highest BCUT2D eigenvalue weighted by Gasteiger charge is 2.47. The van der Waals surface area contributed by atoms with Gasteiger partial charge in [0.2, 0.25) is 11.9 Å². The molecule has 1 fully saturated rings. The average molecular weight is 483 g/mol. The number of amides is 1. The molecule has 0 aromatic carbocycles. The van der Waals surface area contributed by atoms with Crippen LogP contribution < -0.4 is 11.1 Å². The lowest BCUT2D eigenvalue weighted by atomic mass is 9.84. The highest BCUT2D eigenvalue weighted by atomic mass is 32.2. The Kier molecular flexibility index (Phi) is 5.34. The van der Waals surface area contributed by atoms with E-state index in [1.807, 2.05) is 4.90 Å². The minimum Gasteiger partial charge on any atom is -0.378 e. The maximum absolute atomic E-state index is 14.7. The quantitative estimate of drug-likeness (QED) is 0.415. The number of hydrogen-bond acceptors (Lipinski definition) is 8. The molecule has 10 heteroatoms. The molecule has 8 nitrogen and oxygen atoms in total. The van der Waals surface area contributed by atoms with Crippen LogP contribution >= 0.6 is 11.8 Å². The van der Waals surface area contributed by atoms with Gasteiger partial charge in [-0.1, -0.05) is 30.7 Å². The molecular formula is C24H27FN6O2S. The Labute approximate surface area is 201 Å². The van der Waals surface area contributed by atoms with Gasteiger partial charge in [0.1, 0.15) is 6.23 Å². The summed E-state index contributed by atoms with van der Waals surface area (Å²) in [5.74, 6) is -0.294. The molecule has 1 aromatic rings. The molecule has 178 valence electrons. The van der Waals surface area contributed by atoms with E-state index < -0.39 is 18.0 Å². The molecule has 6 rings (SSSR count). The number of halogens is 1. The van der Waals surface area contributed by atoms with Crippen molar-refractivity contribution in [3.05, 3.63) is 47.0 Å². The van der Waals surface area contributed by atoms with Crippen molar-refractivity contribution >= 4 is 35.1 Å². The highest BCUT2D eigenvalue weighted by molar-refractivity contribution is 8.00. The zero-order valence-electron chi connectivity index (χ0n) is 18.8. The topological polar surface area (TPSA) is 117 Å². The normalized spacial score (nSPS) is 33.1. The second kappa shape index (κ2) is 8.28. The van der Waals surface area contributed by atoms with E-state index in [1.165, 1.54) is 5.57 Å². The number of fused-ring (bicyclic) bond motifs is 4. The number of aliphatic hydroxyl groups is 1. The lowest BCUT2D eigenvalue weighted by Gasteiger charge is -2.36. The zero-order valence-corrected chi connectivity index (χ0v) is 19.6. The predicted molar refractivity (Wildman–Crippen MR) is 129 cm³/mol. The lowest BCUT2D eigenvalue weighted by Crippen LogP contribution is -2.43. The molecule has 3 aliphatic carbocycles. The number of aliphatic imine (C=N–C) groups is 1. The van der Waals surface area contributed by atoms with E-state index in [9.17, 15) is 14.3 Å². The van der Waals surface area contributed by atoms with E-state index in [-0.39, 0.29) is 40.8 Å². The van der Waals surface area contributed by atoms with E-state index in [0.29, 0.717) is 18.0 Å². The van der Waals surface area contributed by atoms with Gasteiger partial charge in [-0.15, -0.1) is 11.8 Å². The molecule has 0 radical (unpaired) electrons. The molecular weight excluding hydrogens is 455 g/mol. The molecule has 5 aliphatic rings. The van der Waals surface area contributed by atoms with Crippen molar-refractivity contribution in [3.8, 4) is 0 Å². The zero-order chi connectivity index (χ0) is 23.6. The summed E-state index contributed by atoms with van der Waals surface area (Å²) in [5, 5.41) is 13.7. The Bertz CT molecular complexity index is 1180. The first kappa shape index (κ1) is 21.9. The third-order valence-electron chi connectivity index (χ3n) is 7.50. The first-order chi connectivity index (χ1) is 16.4. The molecule has 2 aliphatic heterocycles. The summed E-state index contributed by atoms with van der Waals surface area (Å²) in [6.45, 7) is 3.44. The van der Waals surface area contributed by atoms with Gasteiger partial charge in [-0.05, 0) is 29.9 Å². The maximum Gasteiger partial charge on any atom is 0.232 e. The van der Waals surface area contributed by atoms with Gasteiger partial charge in [-0.25, -0.2) is 14.4 Å². The van der Waals surface area contributed by atoms with Crippen molar-refractivity contribution in [3.63, 3.8) is 0 Å². The number of aromatic nitrogens is 2. The molecule has 0 spiro atoms. The number of rotatable bonds is 1. The molecule has 0 saturated carbocycles. The molecule has 3 heterocycles. The summed E-state index contributed by atoms with van der Waals surface area (Å²) in [7, 11) is 0. The first-order valence-corrected chi connectivity index (χ1v) is 12.7. The number of carbonyl (C=O) groups is 1. The van der Waals surface area contributed by atoms with Crippen LogP contribution in [-0.2, 0) is 4.79 Å². The third-order valence-corrected chi connectivity index (χ3v) is 8.80. The van der Waals surface area contributed by atoms with Gasteiger partial charge in [0.05, 0.1) is 23.9 Å². The van der Waals surface area contributed by atoms with E-state index >= 15 is 0 Å². The van der Waals surface area contributed by atoms with Crippen molar-refractivity contribution in [2.45, 2.75) is 37.3 Å². The third kappa shape index (κ3) is 3.68. The van der Waals surface area contributed by atoms with Gasteiger partial charge in [-0.3, -0.25) is 4.79 Å². The first-order valence-electron chi connectivity index (χ1n) is 11.7. The van der Waals surface area contributed by atoms with Crippen molar-refractivity contribution in [2.75, 3.05) is 24.2 Å². The predicted octanol–water partition coefficient (Wildman–Crippen LogP) is 2.17. The minimum atomic E-state index is -1.13. The molecule has 1 saturated heterocycles. The maximum atomic E-state index is 14.7. The van der Waals surface area contributed by atoms with Gasteiger partial charge in [0.15, 0.2) is 11.6 Å². The number of nitrogens with two attached hydrogens (primary N) is 1. The molecule has 1 aromatic heterocycles. The average Bonchev–Trinajstić information content (AvgIpc) is 3.37. The number of nitrogens with zero attached hydrogens (tertiary/aromatic N) is 4. The van der Waals surface area contributed by atoms with E-state index in [2.05, 4.69) is 45.4 Å². The number of allylic oxidation sites excluding steroid dienone is 1. The van der Waals surface area contributed by atoms with Crippen molar-refractivity contribution < 1.29 is 14.3 Å². The smallest absolute Gasteiger partial charge is 0.232 e. The van der Waals surface area contributed by atoms with Crippen LogP contribution in [-0.4, -0.2) is 68.0 Å². The molecule has 4 N–H and O–H groups in total. The summed E-state index contributed by atoms with van der Waals surface area (Å²) in [6, 6.07) is -0.0866. The number of aliphatic hydroxyl groups excluding tert-OH is 1. The molecule has 7 bridgehead atoms. The van der Waals surface area contributed by atoms with Crippen molar-refractivity contribution in [2.24, 2.45) is 28.5 Å². The SMILES string of the molecule is CC1C=C2CCN3CC2=CC1Nc1ncc(F)c(n1)N=C1[C@@H](C(N)O)C2=C[C@@H]1[C@@H](C2)SCC3=O. The molecule has 3 unspecified atom stereocenters. The standard InChI is InChI=1S/C24H27FN6O2S/c1-11-4-12-2-3-31-9-14(12)6-17(11)28-24-27-8-16(25)23(30-24)29-21-15-5-13(20(21)22(26)33)7-18(15)34-10-19(31)32/h4-6,8,11,15,17-18,20,22,33H,2-3,7,9-10,26H2,1H3,(H,27,28,30)/t11?,15-,17?,18-,20+,22?/m1/s1. The number of thioether (sulfide) groups is 1. The Morgan fingerprint density at radius 2 is 2.18 bits per heavy atom. The summed E-state index contributed by atoms with van der Waals surface area (Å²) in [5.41, 5.74) is 9.94. The van der Waals surface area contributed by atoms with Gasteiger partial charge >= 0.3 is 0 Å². The Balaban J connectivity index is 1.42. The van der Waals surface area contributed by atoms with Crippen molar-refractivity contribution in [1.82, 2.24) is 14.9 Å². The monoisotopic (exact) mass is 482 g/mol. The van der Waals surface area contributed by atoms with Crippen LogP contribution in [0.3, 0.4) is 0 Å². The number of piperidine rings is 1. The minimum absolute atomic E-state index is 0.0668. The fourth-order valence-electron chi connectivity index (χ4n) is 5.74. The van der Waals surface area contributed by atoms with Gasteiger partial charge in [0, 0.05) is 30.0 Å². The van der Waals surface area contributed by atoms with Crippen LogP contribution in [0.2, 0.25) is 0 Å². The summed E-state index contributed by atoms with van der Waals surface area (Å²) in [4.78, 5) is 28.1. The number of carbonyl (C=O) groups excluding carboxylic acids is 1. The van der Waals surface area contributed by atoms with E-state index in [1.54, 1.807) is 11.8 Å². The van der Waals surface area contributed by atoms with Crippen LogP contribution in [0, 0.1) is 23.6 Å². The number of hydrogen-bond donors (Lipinski definition) is 3. The molecule has 34 heavy (non-hydrogen) atoms. The van der Waals surface area contributed by atoms with Crippen LogP contribution in [0.1, 0.15) is 19.8 Å². The largest absolute Gasteiger partial charge is 0.378 e. The highest BCUT2D eigenvalue weighted by Crippen LogP contribution is 2.48. The summed E-state index contributed by atoms with van der Waals surface area (Å²) >= 11 is 1.60. The Morgan fingerprint density at radius 1 is 1.32 bits per heavy atom. The fraction of sp³-hybridized carbons (Fsp3) is 0.500. The summed E-state index contributed by atoms with van der Waals surface area (Å²) in [6.07, 6.45) is 8.04. The van der Waals surface area contributed by atoms with E-state index in [4.69, 9.17) is 5.73 Å².